The van der Waals surface area contributed by atoms with Crippen molar-refractivity contribution < 1.29 is 23.1 Å². The molecule has 1 N–H and O–H groups in total. The van der Waals surface area contributed by atoms with Gasteiger partial charge in [-0.3, -0.25) is 9.48 Å². The Hall–Kier alpha value is -2.81. The number of nitrogens with zero attached hydrogens (tertiary/aromatic N) is 4. The zero-order valence-corrected chi connectivity index (χ0v) is 16.7. The molecule has 1 aliphatic heterocycles. The molecule has 1 atom stereocenters. The van der Waals surface area contributed by atoms with E-state index in [0.29, 0.717) is 43.2 Å². The van der Waals surface area contributed by atoms with Crippen molar-refractivity contribution in [2.45, 2.75) is 26.1 Å². The average Bonchev–Trinajstić information content (AvgIpc) is 3.22. The van der Waals surface area contributed by atoms with Crippen LogP contribution in [0.1, 0.15) is 18.9 Å². The average molecular weight is 439 g/mol. The van der Waals surface area contributed by atoms with E-state index in [9.17, 15) is 23.1 Å². The molecule has 30 heavy (non-hydrogen) atoms. The Morgan fingerprint density at radius 3 is 2.70 bits per heavy atom. The van der Waals surface area contributed by atoms with Gasteiger partial charge in [0, 0.05) is 49.1 Å². The maximum atomic E-state index is 12.8. The number of carbonyl (C=O) groups excluding carboxylic acids is 1. The standard InChI is InChI=1S/C20H18ClF3N4O2/c1-2-27-8-11(5-17(27)30)9-28-10-12-6-15(21)18(25-19(12)26-28)14-4-3-13(7-16(14)29)20(22,23)24/h3-4,6-7,10-11,29H,2,5,8-9H2,1H3. The highest BCUT2D eigenvalue weighted by Crippen LogP contribution is 2.38. The van der Waals surface area contributed by atoms with Crippen LogP contribution in [0.15, 0.2) is 30.5 Å². The smallest absolute Gasteiger partial charge is 0.416 e. The highest BCUT2D eigenvalue weighted by atomic mass is 35.5. The van der Waals surface area contributed by atoms with Gasteiger partial charge in [0.25, 0.3) is 0 Å². The number of hydrogen-bond donors (Lipinski definition) is 1. The third-order valence-electron chi connectivity index (χ3n) is 5.20. The number of phenols is 1. The summed E-state index contributed by atoms with van der Waals surface area (Å²) in [5, 5.41) is 15.4. The van der Waals surface area contributed by atoms with Gasteiger partial charge in [0.05, 0.1) is 16.3 Å². The molecule has 2 aromatic heterocycles. The topological polar surface area (TPSA) is 71.2 Å². The molecule has 1 aliphatic rings. The van der Waals surface area contributed by atoms with E-state index in [1.165, 1.54) is 0 Å². The summed E-state index contributed by atoms with van der Waals surface area (Å²) in [7, 11) is 0. The first-order chi connectivity index (χ1) is 14.2. The quantitative estimate of drug-likeness (QED) is 0.657. The first-order valence-corrected chi connectivity index (χ1v) is 9.75. The minimum atomic E-state index is -4.56. The molecule has 0 spiro atoms. The number of aromatic hydroxyl groups is 1. The lowest BCUT2D eigenvalue weighted by atomic mass is 10.1. The maximum Gasteiger partial charge on any atom is 0.416 e. The number of aromatic nitrogens is 3. The lowest BCUT2D eigenvalue weighted by Gasteiger charge is -2.13. The third kappa shape index (κ3) is 3.81. The fraction of sp³-hybridized carbons (Fsp3) is 0.350. The number of pyridine rings is 1. The molecule has 1 unspecified atom stereocenters. The number of hydrogen-bond acceptors (Lipinski definition) is 4. The van der Waals surface area contributed by atoms with Crippen molar-refractivity contribution in [3.63, 3.8) is 0 Å². The fourth-order valence-electron chi connectivity index (χ4n) is 3.72. The molecule has 1 fully saturated rings. The number of phenolic OH excluding ortho intramolecular Hbond substituents is 1. The molecular formula is C20H18ClF3N4O2. The summed E-state index contributed by atoms with van der Waals surface area (Å²) < 4.78 is 40.2. The highest BCUT2D eigenvalue weighted by molar-refractivity contribution is 6.33. The summed E-state index contributed by atoms with van der Waals surface area (Å²) in [4.78, 5) is 18.1. The van der Waals surface area contributed by atoms with E-state index >= 15 is 0 Å². The monoisotopic (exact) mass is 438 g/mol. The summed E-state index contributed by atoms with van der Waals surface area (Å²) in [6.07, 6.45) is -2.34. The Balaban J connectivity index is 1.64. The second kappa shape index (κ2) is 7.46. The molecule has 10 heteroatoms. The molecule has 4 rings (SSSR count). The van der Waals surface area contributed by atoms with Gasteiger partial charge >= 0.3 is 6.18 Å². The van der Waals surface area contributed by atoms with Gasteiger partial charge < -0.3 is 10.0 Å². The molecule has 1 amide bonds. The van der Waals surface area contributed by atoms with Crippen molar-refractivity contribution in [2.24, 2.45) is 5.92 Å². The van der Waals surface area contributed by atoms with E-state index in [0.717, 1.165) is 12.1 Å². The van der Waals surface area contributed by atoms with Crippen molar-refractivity contribution in [3.8, 4) is 17.0 Å². The molecule has 3 heterocycles. The first kappa shape index (κ1) is 20.5. The van der Waals surface area contributed by atoms with E-state index in [1.54, 1.807) is 21.8 Å². The number of amides is 1. The lowest BCUT2D eigenvalue weighted by molar-refractivity contribution is -0.137. The van der Waals surface area contributed by atoms with Crippen LogP contribution in [0, 0.1) is 5.92 Å². The van der Waals surface area contributed by atoms with Crippen LogP contribution in [0.4, 0.5) is 13.2 Å². The van der Waals surface area contributed by atoms with Crippen LogP contribution >= 0.6 is 11.6 Å². The second-order valence-electron chi connectivity index (χ2n) is 7.31. The number of alkyl halides is 3. The normalized spacial score (nSPS) is 17.3. The molecule has 3 aromatic rings. The van der Waals surface area contributed by atoms with Gasteiger partial charge in [0.1, 0.15) is 5.75 Å². The van der Waals surface area contributed by atoms with Gasteiger partial charge in [-0.2, -0.15) is 18.3 Å². The van der Waals surface area contributed by atoms with Crippen LogP contribution in [-0.2, 0) is 17.5 Å². The molecule has 0 radical (unpaired) electrons. The lowest BCUT2D eigenvalue weighted by Crippen LogP contribution is -2.25. The number of halogens is 4. The van der Waals surface area contributed by atoms with E-state index < -0.39 is 17.5 Å². The third-order valence-corrected chi connectivity index (χ3v) is 5.49. The van der Waals surface area contributed by atoms with Crippen molar-refractivity contribution in [2.75, 3.05) is 13.1 Å². The van der Waals surface area contributed by atoms with E-state index in [4.69, 9.17) is 11.6 Å². The number of fused-ring (bicyclic) bond motifs is 1. The molecular weight excluding hydrogens is 421 g/mol. The summed E-state index contributed by atoms with van der Waals surface area (Å²) >= 11 is 6.29. The van der Waals surface area contributed by atoms with Crippen LogP contribution in [0.2, 0.25) is 5.02 Å². The Morgan fingerprint density at radius 1 is 1.30 bits per heavy atom. The highest BCUT2D eigenvalue weighted by Gasteiger charge is 2.32. The predicted molar refractivity (Wildman–Crippen MR) is 105 cm³/mol. The molecule has 1 aromatic carbocycles. The Kier molecular flexibility index (Phi) is 5.09. The van der Waals surface area contributed by atoms with Crippen LogP contribution in [-0.4, -0.2) is 43.8 Å². The second-order valence-corrected chi connectivity index (χ2v) is 7.72. The summed E-state index contributed by atoms with van der Waals surface area (Å²) in [5.41, 5.74) is -0.374. The predicted octanol–water partition coefficient (Wildman–Crippen LogP) is 4.34. The Morgan fingerprint density at radius 2 is 2.07 bits per heavy atom. The van der Waals surface area contributed by atoms with Crippen molar-refractivity contribution in [1.29, 1.82) is 0 Å². The SMILES string of the molecule is CCN1CC(Cn2cc3cc(Cl)c(-c4ccc(C(F)(F)F)cc4O)nc3n2)CC1=O. The largest absolute Gasteiger partial charge is 0.507 e. The maximum absolute atomic E-state index is 12.8. The molecule has 0 bridgehead atoms. The first-order valence-electron chi connectivity index (χ1n) is 9.37. The summed E-state index contributed by atoms with van der Waals surface area (Å²) in [6, 6.07) is 4.26. The summed E-state index contributed by atoms with van der Waals surface area (Å²) in [5.74, 6) is -0.303. The zero-order chi connectivity index (χ0) is 21.6. The fourth-order valence-corrected chi connectivity index (χ4v) is 3.98. The van der Waals surface area contributed by atoms with E-state index in [1.807, 2.05) is 6.92 Å². The molecule has 0 aliphatic carbocycles. The number of rotatable bonds is 4. The zero-order valence-electron chi connectivity index (χ0n) is 15.9. The molecule has 6 nitrogen and oxygen atoms in total. The van der Waals surface area contributed by atoms with Crippen molar-refractivity contribution in [1.82, 2.24) is 19.7 Å². The van der Waals surface area contributed by atoms with Gasteiger partial charge in [-0.25, -0.2) is 4.98 Å². The van der Waals surface area contributed by atoms with Crippen molar-refractivity contribution in [3.05, 3.63) is 41.0 Å². The minimum absolute atomic E-state index is 0.0874. The Bertz CT molecular complexity index is 1130. The van der Waals surface area contributed by atoms with Crippen molar-refractivity contribution >= 4 is 28.5 Å². The van der Waals surface area contributed by atoms with Gasteiger partial charge in [0.2, 0.25) is 5.91 Å². The van der Waals surface area contributed by atoms with Crippen LogP contribution in [0.3, 0.4) is 0 Å². The molecule has 1 saturated heterocycles. The number of likely N-dealkylation sites (tertiary alicyclic amines) is 1. The number of carbonyl (C=O) groups is 1. The van der Waals surface area contributed by atoms with Crippen LogP contribution in [0.5, 0.6) is 5.75 Å². The van der Waals surface area contributed by atoms with E-state index in [-0.39, 0.29) is 28.1 Å². The van der Waals surface area contributed by atoms with Crippen LogP contribution < -0.4 is 0 Å². The Labute approximate surface area is 174 Å². The van der Waals surface area contributed by atoms with Crippen LogP contribution in [0.25, 0.3) is 22.3 Å². The van der Waals surface area contributed by atoms with Gasteiger partial charge in [-0.05, 0) is 31.2 Å². The van der Waals surface area contributed by atoms with Gasteiger partial charge in [0.15, 0.2) is 5.65 Å². The summed E-state index contributed by atoms with van der Waals surface area (Å²) in [6.45, 7) is 3.82. The minimum Gasteiger partial charge on any atom is -0.507 e. The molecule has 0 saturated carbocycles. The van der Waals surface area contributed by atoms with Gasteiger partial charge in [-0.1, -0.05) is 11.6 Å². The molecule has 158 valence electrons. The van der Waals surface area contributed by atoms with E-state index in [2.05, 4.69) is 10.1 Å². The van der Waals surface area contributed by atoms with Gasteiger partial charge in [-0.15, -0.1) is 0 Å². The number of benzene rings is 1.